The number of nitrogen functional groups attached to an aromatic ring is 2. The third-order valence-corrected chi connectivity index (χ3v) is 3.07. The largest absolute Gasteiger partial charge is 0.397 e. The molecular weight excluding hydrogens is 267 g/mol. The highest BCUT2D eigenvalue weighted by molar-refractivity contribution is 5.85. The van der Waals surface area contributed by atoms with Gasteiger partial charge in [-0.3, -0.25) is 0 Å². The SMILES string of the molecule is Cc1c(-c2ccccc2)cc(N)c(N)c1C.Cl.Cl. The number of hydrogen-bond acceptors (Lipinski definition) is 2. The van der Waals surface area contributed by atoms with Crippen molar-refractivity contribution in [1.82, 2.24) is 0 Å². The van der Waals surface area contributed by atoms with Crippen molar-refractivity contribution in [2.75, 3.05) is 11.5 Å². The van der Waals surface area contributed by atoms with Gasteiger partial charge in [0.15, 0.2) is 0 Å². The Morgan fingerprint density at radius 1 is 0.833 bits per heavy atom. The van der Waals surface area contributed by atoms with Crippen LogP contribution in [0.1, 0.15) is 11.1 Å². The average Bonchev–Trinajstić information content (AvgIpc) is 2.32. The van der Waals surface area contributed by atoms with Crippen molar-refractivity contribution in [2.45, 2.75) is 13.8 Å². The zero-order chi connectivity index (χ0) is 11.7. The quantitative estimate of drug-likeness (QED) is 0.779. The molecule has 2 aromatic carbocycles. The molecule has 0 aliphatic carbocycles. The second kappa shape index (κ2) is 6.53. The number of hydrogen-bond donors (Lipinski definition) is 2. The van der Waals surface area contributed by atoms with E-state index in [0.29, 0.717) is 11.4 Å². The van der Waals surface area contributed by atoms with Crippen LogP contribution in [-0.4, -0.2) is 0 Å². The molecule has 0 bridgehead atoms. The molecule has 0 saturated heterocycles. The molecular formula is C14H18Cl2N2. The Bertz CT molecular complexity index is 525. The minimum Gasteiger partial charge on any atom is -0.397 e. The maximum absolute atomic E-state index is 5.90. The van der Waals surface area contributed by atoms with Gasteiger partial charge >= 0.3 is 0 Å². The van der Waals surface area contributed by atoms with Crippen LogP contribution >= 0.6 is 24.8 Å². The lowest BCUT2D eigenvalue weighted by Gasteiger charge is -2.13. The zero-order valence-corrected chi connectivity index (χ0v) is 12.1. The van der Waals surface area contributed by atoms with E-state index in [4.69, 9.17) is 11.5 Å². The van der Waals surface area contributed by atoms with Gasteiger partial charge in [0.1, 0.15) is 0 Å². The molecule has 0 atom stereocenters. The normalized spacial score (nSPS) is 9.22. The highest BCUT2D eigenvalue weighted by atomic mass is 35.5. The lowest BCUT2D eigenvalue weighted by atomic mass is 9.95. The lowest BCUT2D eigenvalue weighted by molar-refractivity contribution is 1.34. The van der Waals surface area contributed by atoms with Gasteiger partial charge in [-0.2, -0.15) is 0 Å². The first-order valence-electron chi connectivity index (χ1n) is 5.32. The first-order valence-corrected chi connectivity index (χ1v) is 5.32. The van der Waals surface area contributed by atoms with Gasteiger partial charge in [-0.25, -0.2) is 0 Å². The molecule has 2 rings (SSSR count). The van der Waals surface area contributed by atoms with E-state index >= 15 is 0 Å². The second-order valence-electron chi connectivity index (χ2n) is 4.04. The summed E-state index contributed by atoms with van der Waals surface area (Å²) in [5.41, 5.74) is 17.7. The van der Waals surface area contributed by atoms with Gasteiger partial charge in [0, 0.05) is 0 Å². The van der Waals surface area contributed by atoms with Crippen LogP contribution in [0.4, 0.5) is 11.4 Å². The van der Waals surface area contributed by atoms with Crippen molar-refractivity contribution < 1.29 is 0 Å². The first kappa shape index (κ1) is 16.6. The molecule has 4 N–H and O–H groups in total. The van der Waals surface area contributed by atoms with Crippen molar-refractivity contribution in [3.63, 3.8) is 0 Å². The van der Waals surface area contributed by atoms with E-state index in [0.717, 1.165) is 11.1 Å². The molecule has 0 amide bonds. The summed E-state index contributed by atoms with van der Waals surface area (Å²) in [6.07, 6.45) is 0. The molecule has 0 aliphatic rings. The van der Waals surface area contributed by atoms with Crippen LogP contribution in [0.3, 0.4) is 0 Å². The highest BCUT2D eigenvalue weighted by Crippen LogP contribution is 2.32. The van der Waals surface area contributed by atoms with Crippen molar-refractivity contribution in [3.8, 4) is 11.1 Å². The molecule has 0 unspecified atom stereocenters. The predicted molar refractivity (Wildman–Crippen MR) is 84.7 cm³/mol. The van der Waals surface area contributed by atoms with Gasteiger partial charge in [-0.15, -0.1) is 24.8 Å². The van der Waals surface area contributed by atoms with Crippen molar-refractivity contribution in [1.29, 1.82) is 0 Å². The summed E-state index contributed by atoms with van der Waals surface area (Å²) in [5.74, 6) is 0. The van der Waals surface area contributed by atoms with Crippen LogP contribution < -0.4 is 11.5 Å². The van der Waals surface area contributed by atoms with Crippen molar-refractivity contribution in [2.24, 2.45) is 0 Å². The summed E-state index contributed by atoms with van der Waals surface area (Å²) >= 11 is 0. The molecule has 0 heterocycles. The van der Waals surface area contributed by atoms with E-state index in [2.05, 4.69) is 19.1 Å². The Labute approximate surface area is 120 Å². The number of halogens is 2. The van der Waals surface area contributed by atoms with Crippen LogP contribution in [-0.2, 0) is 0 Å². The molecule has 0 aromatic heterocycles. The first-order chi connectivity index (χ1) is 7.61. The Balaban J connectivity index is 0.00000144. The van der Waals surface area contributed by atoms with E-state index in [1.54, 1.807) is 0 Å². The average molecular weight is 285 g/mol. The molecule has 18 heavy (non-hydrogen) atoms. The minimum atomic E-state index is 0. The fourth-order valence-electron chi connectivity index (χ4n) is 1.88. The molecule has 2 nitrogen and oxygen atoms in total. The standard InChI is InChI=1S/C14H16N2.2ClH/c1-9-10(2)14(16)13(15)8-12(9)11-6-4-3-5-7-11;;/h3-8H,15-16H2,1-2H3;2*1H. The van der Waals surface area contributed by atoms with E-state index in [-0.39, 0.29) is 24.8 Å². The summed E-state index contributed by atoms with van der Waals surface area (Å²) in [4.78, 5) is 0. The predicted octanol–water partition coefficient (Wildman–Crippen LogP) is 3.98. The number of nitrogens with two attached hydrogens (primary N) is 2. The molecule has 0 spiro atoms. The fourth-order valence-corrected chi connectivity index (χ4v) is 1.88. The molecule has 2 aromatic rings. The third-order valence-electron chi connectivity index (χ3n) is 3.07. The molecule has 0 fully saturated rings. The zero-order valence-electron chi connectivity index (χ0n) is 10.4. The van der Waals surface area contributed by atoms with Crippen molar-refractivity contribution in [3.05, 3.63) is 47.5 Å². The molecule has 4 heteroatoms. The summed E-state index contributed by atoms with van der Waals surface area (Å²) < 4.78 is 0. The van der Waals surface area contributed by atoms with E-state index in [9.17, 15) is 0 Å². The van der Waals surface area contributed by atoms with Gasteiger partial charge in [-0.05, 0) is 42.2 Å². The summed E-state index contributed by atoms with van der Waals surface area (Å²) in [5, 5.41) is 0. The van der Waals surface area contributed by atoms with Gasteiger partial charge < -0.3 is 11.5 Å². The van der Waals surface area contributed by atoms with Crippen LogP contribution in [0, 0.1) is 13.8 Å². The van der Waals surface area contributed by atoms with Crippen LogP contribution in [0.5, 0.6) is 0 Å². The second-order valence-corrected chi connectivity index (χ2v) is 4.04. The van der Waals surface area contributed by atoms with Gasteiger partial charge in [-0.1, -0.05) is 30.3 Å². The molecule has 0 aliphatic heterocycles. The summed E-state index contributed by atoms with van der Waals surface area (Å²) in [6, 6.07) is 12.2. The third kappa shape index (κ3) is 2.89. The van der Waals surface area contributed by atoms with Gasteiger partial charge in [0.2, 0.25) is 0 Å². The van der Waals surface area contributed by atoms with E-state index in [1.807, 2.05) is 31.2 Å². The number of rotatable bonds is 1. The summed E-state index contributed by atoms with van der Waals surface area (Å²) in [6.45, 7) is 4.08. The number of anilines is 2. The van der Waals surface area contributed by atoms with Crippen molar-refractivity contribution >= 4 is 36.2 Å². The van der Waals surface area contributed by atoms with Gasteiger partial charge in [0.25, 0.3) is 0 Å². The maximum atomic E-state index is 5.90. The Kier molecular flexibility index (Phi) is 6.02. The Morgan fingerprint density at radius 3 is 1.94 bits per heavy atom. The maximum Gasteiger partial charge on any atom is 0.0580 e. The monoisotopic (exact) mass is 284 g/mol. The number of benzene rings is 2. The Hall–Kier alpha value is -1.38. The van der Waals surface area contributed by atoms with Crippen LogP contribution in [0.25, 0.3) is 11.1 Å². The van der Waals surface area contributed by atoms with E-state index < -0.39 is 0 Å². The van der Waals surface area contributed by atoms with Gasteiger partial charge in [0.05, 0.1) is 11.4 Å². The molecule has 98 valence electrons. The molecule has 0 radical (unpaired) electrons. The van der Waals surface area contributed by atoms with E-state index in [1.165, 1.54) is 11.1 Å². The molecule has 0 saturated carbocycles. The Morgan fingerprint density at radius 2 is 1.39 bits per heavy atom. The fraction of sp³-hybridized carbons (Fsp3) is 0.143. The smallest absolute Gasteiger partial charge is 0.0580 e. The van der Waals surface area contributed by atoms with Crippen LogP contribution in [0.2, 0.25) is 0 Å². The summed E-state index contributed by atoms with van der Waals surface area (Å²) in [7, 11) is 0. The minimum absolute atomic E-state index is 0. The lowest BCUT2D eigenvalue weighted by Crippen LogP contribution is -2.00. The van der Waals surface area contributed by atoms with Crippen LogP contribution in [0.15, 0.2) is 36.4 Å². The highest BCUT2D eigenvalue weighted by Gasteiger charge is 2.09. The topological polar surface area (TPSA) is 52.0 Å².